The highest BCUT2D eigenvalue weighted by Crippen LogP contribution is 2.11. The molecule has 0 atom stereocenters. The monoisotopic (exact) mass is 295 g/mol. The van der Waals surface area contributed by atoms with Crippen LogP contribution in [0.4, 0.5) is 0 Å². The summed E-state index contributed by atoms with van der Waals surface area (Å²) in [4.78, 5) is 6.68. The predicted octanol–water partition coefficient (Wildman–Crippen LogP) is 2.28. The number of benzene rings is 1. The molecular weight excluding hydrogens is 274 g/mol. The Hall–Kier alpha value is -2.40. The second kappa shape index (κ2) is 6.58. The van der Waals surface area contributed by atoms with E-state index in [1.54, 1.807) is 6.20 Å². The molecule has 0 N–H and O–H groups in total. The Labute approximate surface area is 130 Å². The van der Waals surface area contributed by atoms with E-state index in [0.29, 0.717) is 0 Å². The van der Waals surface area contributed by atoms with E-state index in [-0.39, 0.29) is 0 Å². The van der Waals surface area contributed by atoms with Crippen LogP contribution in [0.5, 0.6) is 0 Å². The molecule has 0 aliphatic heterocycles. The fourth-order valence-electron chi connectivity index (χ4n) is 2.54. The van der Waals surface area contributed by atoms with Crippen molar-refractivity contribution < 1.29 is 0 Å². The van der Waals surface area contributed by atoms with Crippen molar-refractivity contribution in [1.29, 1.82) is 0 Å². The van der Waals surface area contributed by atoms with Crippen LogP contribution in [0.3, 0.4) is 0 Å². The normalized spacial score (nSPS) is 11.2. The molecule has 22 heavy (non-hydrogen) atoms. The van der Waals surface area contributed by atoms with E-state index in [1.807, 2.05) is 36.4 Å². The van der Waals surface area contributed by atoms with E-state index in [2.05, 4.69) is 50.9 Å². The molecule has 5 nitrogen and oxygen atoms in total. The van der Waals surface area contributed by atoms with Gasteiger partial charge in [-0.25, -0.2) is 9.67 Å². The zero-order valence-corrected chi connectivity index (χ0v) is 13.1. The second-order valence-electron chi connectivity index (χ2n) is 5.56. The molecule has 5 heteroatoms. The van der Waals surface area contributed by atoms with E-state index >= 15 is 0 Å². The van der Waals surface area contributed by atoms with Crippen molar-refractivity contribution in [3.05, 3.63) is 66.5 Å². The predicted molar refractivity (Wildman–Crippen MR) is 86.8 cm³/mol. The minimum Gasteiger partial charge on any atom is -0.338 e. The maximum Gasteiger partial charge on any atom is 0.109 e. The lowest BCUT2D eigenvalue weighted by atomic mass is 10.2. The fraction of sp³-hybridized carbons (Fsp3) is 0.294. The maximum absolute atomic E-state index is 4.37. The lowest BCUT2D eigenvalue weighted by molar-refractivity contribution is 0.327. The molecule has 0 aliphatic rings. The number of hydrogen-bond acceptors (Lipinski definition) is 3. The lowest BCUT2D eigenvalue weighted by Crippen LogP contribution is -2.21. The summed E-state index contributed by atoms with van der Waals surface area (Å²) in [6.45, 7) is 1.90. The van der Waals surface area contributed by atoms with Crippen LogP contribution in [-0.2, 0) is 20.0 Å². The maximum atomic E-state index is 4.37. The van der Waals surface area contributed by atoms with Crippen LogP contribution in [0, 0.1) is 0 Å². The first-order valence-corrected chi connectivity index (χ1v) is 7.46. The van der Waals surface area contributed by atoms with Crippen LogP contribution >= 0.6 is 0 Å². The number of rotatable bonds is 6. The van der Waals surface area contributed by atoms with Crippen LogP contribution in [0.2, 0.25) is 0 Å². The van der Waals surface area contributed by atoms with Crippen LogP contribution < -0.4 is 0 Å². The van der Waals surface area contributed by atoms with Crippen molar-refractivity contribution in [2.75, 3.05) is 13.6 Å². The Morgan fingerprint density at radius 3 is 2.77 bits per heavy atom. The third-order valence-corrected chi connectivity index (χ3v) is 3.77. The van der Waals surface area contributed by atoms with Crippen molar-refractivity contribution >= 4 is 0 Å². The first-order valence-electron chi connectivity index (χ1n) is 7.46. The summed E-state index contributed by atoms with van der Waals surface area (Å²) in [6, 6.07) is 10.4. The molecule has 0 aliphatic carbocycles. The highest BCUT2D eigenvalue weighted by molar-refractivity contribution is 5.34. The zero-order chi connectivity index (χ0) is 15.4. The molecule has 0 fully saturated rings. The number of imidazole rings is 1. The van der Waals surface area contributed by atoms with Crippen LogP contribution in [0.1, 0.15) is 11.4 Å². The van der Waals surface area contributed by atoms with Gasteiger partial charge in [-0.1, -0.05) is 12.1 Å². The minimum atomic E-state index is 0.916. The molecule has 0 unspecified atom stereocenters. The summed E-state index contributed by atoms with van der Waals surface area (Å²) < 4.78 is 3.96. The van der Waals surface area contributed by atoms with Gasteiger partial charge < -0.3 is 9.47 Å². The van der Waals surface area contributed by atoms with Gasteiger partial charge in [-0.15, -0.1) is 0 Å². The molecule has 3 rings (SSSR count). The molecule has 0 spiro atoms. The molecule has 0 saturated heterocycles. The highest BCUT2D eigenvalue weighted by atomic mass is 15.3. The molecule has 2 heterocycles. The van der Waals surface area contributed by atoms with E-state index in [1.165, 1.54) is 5.56 Å². The van der Waals surface area contributed by atoms with Gasteiger partial charge in [0.05, 0.1) is 5.69 Å². The Kier molecular flexibility index (Phi) is 4.34. The molecular formula is C17H21N5. The van der Waals surface area contributed by atoms with Gasteiger partial charge in [0, 0.05) is 51.3 Å². The van der Waals surface area contributed by atoms with Gasteiger partial charge in [-0.3, -0.25) is 0 Å². The Balaban J connectivity index is 1.60. The smallest absolute Gasteiger partial charge is 0.109 e. The molecule has 0 saturated carbocycles. The topological polar surface area (TPSA) is 38.9 Å². The first-order chi connectivity index (χ1) is 10.7. The quantitative estimate of drug-likeness (QED) is 0.700. The number of aromatic nitrogens is 4. The number of likely N-dealkylation sites (N-methyl/N-ethyl adjacent to an activating group) is 1. The van der Waals surface area contributed by atoms with Crippen molar-refractivity contribution in [3.8, 4) is 5.69 Å². The number of nitrogens with zero attached hydrogens (tertiary/aromatic N) is 5. The highest BCUT2D eigenvalue weighted by Gasteiger charge is 2.05. The molecule has 0 amide bonds. The van der Waals surface area contributed by atoms with Crippen LogP contribution in [0.15, 0.2) is 55.1 Å². The zero-order valence-electron chi connectivity index (χ0n) is 13.1. The Morgan fingerprint density at radius 1 is 1.14 bits per heavy atom. The van der Waals surface area contributed by atoms with E-state index in [0.717, 1.165) is 31.0 Å². The molecule has 3 aromatic rings. The number of hydrogen-bond donors (Lipinski definition) is 0. The molecule has 0 bridgehead atoms. The second-order valence-corrected chi connectivity index (χ2v) is 5.56. The Bertz CT molecular complexity index is 714. The third-order valence-electron chi connectivity index (χ3n) is 3.77. The molecule has 1 aromatic carbocycles. The van der Waals surface area contributed by atoms with Crippen LogP contribution in [-0.4, -0.2) is 37.8 Å². The van der Waals surface area contributed by atoms with Gasteiger partial charge in [0.2, 0.25) is 0 Å². The summed E-state index contributed by atoms with van der Waals surface area (Å²) in [5.41, 5.74) is 2.38. The largest absolute Gasteiger partial charge is 0.338 e. The average Bonchev–Trinajstić information content (AvgIpc) is 3.17. The van der Waals surface area contributed by atoms with E-state index < -0.39 is 0 Å². The van der Waals surface area contributed by atoms with E-state index in [4.69, 9.17) is 0 Å². The van der Waals surface area contributed by atoms with Crippen molar-refractivity contribution in [2.24, 2.45) is 7.05 Å². The number of aryl methyl sites for hydroxylation is 1. The molecule has 114 valence electrons. The van der Waals surface area contributed by atoms with E-state index in [9.17, 15) is 0 Å². The first kappa shape index (κ1) is 14.5. The molecule has 0 radical (unpaired) electrons. The van der Waals surface area contributed by atoms with Gasteiger partial charge in [0.25, 0.3) is 0 Å². The van der Waals surface area contributed by atoms with Gasteiger partial charge in [-0.2, -0.15) is 5.10 Å². The molecule has 2 aromatic heterocycles. The summed E-state index contributed by atoms with van der Waals surface area (Å²) in [7, 11) is 4.18. The third kappa shape index (κ3) is 3.43. The van der Waals surface area contributed by atoms with Gasteiger partial charge >= 0.3 is 0 Å². The SMILES string of the molecule is CN(CCc1nccn1C)Cc1cccc(-n2cccn2)c1. The minimum absolute atomic E-state index is 0.916. The standard InChI is InChI=1S/C17H21N5/c1-20(11-7-17-18-9-12-21(17)2)14-15-5-3-6-16(13-15)22-10-4-8-19-22/h3-6,8-10,12-13H,7,11,14H2,1-2H3. The van der Waals surface area contributed by atoms with Crippen molar-refractivity contribution in [1.82, 2.24) is 24.2 Å². The van der Waals surface area contributed by atoms with Gasteiger partial charge in [-0.05, 0) is 30.8 Å². The van der Waals surface area contributed by atoms with Crippen molar-refractivity contribution in [2.45, 2.75) is 13.0 Å². The Morgan fingerprint density at radius 2 is 2.05 bits per heavy atom. The summed E-state index contributed by atoms with van der Waals surface area (Å²) in [5, 5.41) is 4.28. The summed E-state index contributed by atoms with van der Waals surface area (Å²) in [5.74, 6) is 1.12. The van der Waals surface area contributed by atoms with Crippen LogP contribution in [0.25, 0.3) is 5.69 Å². The van der Waals surface area contributed by atoms with Gasteiger partial charge in [0.15, 0.2) is 0 Å². The van der Waals surface area contributed by atoms with Gasteiger partial charge in [0.1, 0.15) is 5.82 Å². The fourth-order valence-corrected chi connectivity index (χ4v) is 2.54. The summed E-state index contributed by atoms with van der Waals surface area (Å²) in [6.07, 6.45) is 8.56. The summed E-state index contributed by atoms with van der Waals surface area (Å²) >= 11 is 0. The lowest BCUT2D eigenvalue weighted by Gasteiger charge is -2.17. The van der Waals surface area contributed by atoms with Crippen molar-refractivity contribution in [3.63, 3.8) is 0 Å². The average molecular weight is 295 g/mol.